The van der Waals surface area contributed by atoms with E-state index in [4.69, 9.17) is 16.3 Å². The number of likely N-dealkylation sites (tertiary alicyclic amines) is 1. The van der Waals surface area contributed by atoms with E-state index in [1.165, 1.54) is 0 Å². The number of nitrogens with one attached hydrogen (secondary N) is 2. The van der Waals surface area contributed by atoms with Gasteiger partial charge in [-0.15, -0.1) is 0 Å². The Morgan fingerprint density at radius 2 is 1.80 bits per heavy atom. The largest absolute Gasteiger partial charge is 0.455 e. The number of amides is 3. The molecule has 2 heterocycles. The van der Waals surface area contributed by atoms with Gasteiger partial charge in [0.2, 0.25) is 0 Å². The Balaban J connectivity index is 1.26. The molecule has 1 unspecified atom stereocenters. The molecule has 9 nitrogen and oxygen atoms in total. The quantitative estimate of drug-likeness (QED) is 0.482. The van der Waals surface area contributed by atoms with Crippen molar-refractivity contribution in [1.82, 2.24) is 14.7 Å². The van der Waals surface area contributed by atoms with E-state index in [0.29, 0.717) is 42.5 Å². The summed E-state index contributed by atoms with van der Waals surface area (Å²) >= 11 is 6.21. The molecule has 0 bridgehead atoms. The van der Waals surface area contributed by atoms with Crippen LogP contribution in [0.1, 0.15) is 18.4 Å². The molecule has 1 aromatic heterocycles. The van der Waals surface area contributed by atoms with Crippen LogP contribution in [0.5, 0.6) is 0 Å². The molecule has 0 aliphatic carbocycles. The summed E-state index contributed by atoms with van der Waals surface area (Å²) in [6, 6.07) is 17.9. The van der Waals surface area contributed by atoms with Gasteiger partial charge in [-0.1, -0.05) is 48.0 Å². The van der Waals surface area contributed by atoms with E-state index >= 15 is 0 Å². The fraction of sp³-hybridized carbons (Fsp3) is 0.280. The number of ether oxygens (including phenoxy) is 1. The minimum absolute atomic E-state index is 0.240. The monoisotopic (exact) mass is 495 g/mol. The van der Waals surface area contributed by atoms with Gasteiger partial charge >= 0.3 is 12.0 Å². The number of anilines is 2. The number of nitrogens with zero attached hydrogens (tertiary/aromatic N) is 3. The van der Waals surface area contributed by atoms with E-state index in [0.717, 1.165) is 5.56 Å². The molecule has 3 aromatic rings. The standard InChI is InChI=1S/C25H26ClN5O4/c26-21-11-5-4-7-18(21)16-31-22(12-13-27-31)29-23(32)17-35-24(33)19-8-6-14-30(15-19)25(34)28-20-9-2-1-3-10-20/h1-5,7,9-13,19H,6,8,14-17H2,(H,28,34)(H,29,32). The summed E-state index contributed by atoms with van der Waals surface area (Å²) in [5.74, 6) is -0.994. The van der Waals surface area contributed by atoms with Crippen LogP contribution in [-0.4, -0.2) is 52.3 Å². The summed E-state index contributed by atoms with van der Waals surface area (Å²) in [7, 11) is 0. The lowest BCUT2D eigenvalue weighted by Crippen LogP contribution is -2.45. The molecule has 1 aliphatic heterocycles. The number of para-hydroxylation sites is 1. The van der Waals surface area contributed by atoms with Crippen LogP contribution < -0.4 is 10.6 Å². The van der Waals surface area contributed by atoms with Crippen LogP contribution in [0.4, 0.5) is 16.3 Å². The predicted molar refractivity (Wildman–Crippen MR) is 132 cm³/mol. The van der Waals surface area contributed by atoms with Crippen molar-refractivity contribution < 1.29 is 19.1 Å². The Kier molecular flexibility index (Phi) is 7.99. The molecular weight excluding hydrogens is 470 g/mol. The number of esters is 1. The van der Waals surface area contributed by atoms with E-state index in [2.05, 4.69) is 15.7 Å². The van der Waals surface area contributed by atoms with Gasteiger partial charge in [-0.25, -0.2) is 9.48 Å². The van der Waals surface area contributed by atoms with Crippen molar-refractivity contribution in [3.8, 4) is 0 Å². The van der Waals surface area contributed by atoms with E-state index < -0.39 is 24.4 Å². The maximum atomic E-state index is 12.6. The molecule has 0 spiro atoms. The molecule has 10 heteroatoms. The smallest absolute Gasteiger partial charge is 0.321 e. The lowest BCUT2D eigenvalue weighted by molar-refractivity contribution is -0.152. The molecule has 0 saturated carbocycles. The highest BCUT2D eigenvalue weighted by molar-refractivity contribution is 6.31. The Morgan fingerprint density at radius 1 is 1.03 bits per heavy atom. The second-order valence-corrected chi connectivity index (χ2v) is 8.61. The Labute approximate surface area is 208 Å². The predicted octanol–water partition coefficient (Wildman–Crippen LogP) is 4.01. The summed E-state index contributed by atoms with van der Waals surface area (Å²) in [6.45, 7) is 0.746. The first-order chi connectivity index (χ1) is 17.0. The highest BCUT2D eigenvalue weighted by Gasteiger charge is 2.30. The van der Waals surface area contributed by atoms with Gasteiger partial charge in [-0.05, 0) is 36.6 Å². The number of benzene rings is 2. The van der Waals surface area contributed by atoms with Gasteiger partial charge in [0, 0.05) is 29.9 Å². The fourth-order valence-electron chi connectivity index (χ4n) is 3.86. The SMILES string of the molecule is O=C(COC(=O)C1CCCN(C(=O)Nc2ccccc2)C1)Nc1ccnn1Cc1ccccc1Cl. The number of carbonyl (C=O) groups excluding carboxylic acids is 3. The number of halogens is 1. The zero-order valence-electron chi connectivity index (χ0n) is 19.0. The molecule has 182 valence electrons. The molecule has 1 aliphatic rings. The molecule has 3 amide bonds. The van der Waals surface area contributed by atoms with Crippen molar-refractivity contribution in [1.29, 1.82) is 0 Å². The van der Waals surface area contributed by atoms with Crippen molar-refractivity contribution in [2.75, 3.05) is 30.3 Å². The second kappa shape index (κ2) is 11.5. The first-order valence-corrected chi connectivity index (χ1v) is 11.7. The molecule has 35 heavy (non-hydrogen) atoms. The van der Waals surface area contributed by atoms with Gasteiger partial charge in [0.1, 0.15) is 5.82 Å². The summed E-state index contributed by atoms with van der Waals surface area (Å²) < 4.78 is 6.86. The molecule has 1 saturated heterocycles. The van der Waals surface area contributed by atoms with Crippen LogP contribution in [0.15, 0.2) is 66.9 Å². The fourth-order valence-corrected chi connectivity index (χ4v) is 4.06. The zero-order valence-corrected chi connectivity index (χ0v) is 19.8. The first-order valence-electron chi connectivity index (χ1n) is 11.3. The summed E-state index contributed by atoms with van der Waals surface area (Å²) in [4.78, 5) is 39.1. The molecule has 0 radical (unpaired) electrons. The van der Waals surface area contributed by atoms with Crippen molar-refractivity contribution in [2.24, 2.45) is 5.92 Å². The average molecular weight is 496 g/mol. The lowest BCUT2D eigenvalue weighted by atomic mass is 9.98. The lowest BCUT2D eigenvalue weighted by Gasteiger charge is -2.31. The Hall–Kier alpha value is -3.85. The highest BCUT2D eigenvalue weighted by Crippen LogP contribution is 2.20. The van der Waals surface area contributed by atoms with Crippen LogP contribution >= 0.6 is 11.6 Å². The topological polar surface area (TPSA) is 106 Å². The minimum atomic E-state index is -0.498. The molecular formula is C25H26ClN5O4. The van der Waals surface area contributed by atoms with E-state index in [9.17, 15) is 14.4 Å². The van der Waals surface area contributed by atoms with Crippen LogP contribution in [0.3, 0.4) is 0 Å². The van der Waals surface area contributed by atoms with Crippen molar-refractivity contribution in [3.63, 3.8) is 0 Å². The molecule has 1 fully saturated rings. The second-order valence-electron chi connectivity index (χ2n) is 8.20. The third-order valence-corrected chi connectivity index (χ3v) is 6.04. The number of hydrogen-bond donors (Lipinski definition) is 2. The van der Waals surface area contributed by atoms with Gasteiger partial charge in [0.25, 0.3) is 5.91 Å². The molecule has 2 N–H and O–H groups in total. The zero-order chi connectivity index (χ0) is 24.6. The van der Waals surface area contributed by atoms with Crippen molar-refractivity contribution in [3.05, 3.63) is 77.4 Å². The van der Waals surface area contributed by atoms with Crippen molar-refractivity contribution >= 4 is 41.0 Å². The third kappa shape index (κ3) is 6.60. The van der Waals surface area contributed by atoms with Gasteiger partial charge in [-0.2, -0.15) is 5.10 Å². The normalized spacial score (nSPS) is 15.3. The van der Waals surface area contributed by atoms with Gasteiger partial charge in [-0.3, -0.25) is 9.59 Å². The van der Waals surface area contributed by atoms with Crippen LogP contribution in [0, 0.1) is 5.92 Å². The van der Waals surface area contributed by atoms with Crippen molar-refractivity contribution in [2.45, 2.75) is 19.4 Å². The highest BCUT2D eigenvalue weighted by atomic mass is 35.5. The summed E-state index contributed by atoms with van der Waals surface area (Å²) in [6.07, 6.45) is 2.84. The van der Waals surface area contributed by atoms with Gasteiger partial charge in [0.15, 0.2) is 6.61 Å². The van der Waals surface area contributed by atoms with Crippen LogP contribution in [0.25, 0.3) is 0 Å². The summed E-state index contributed by atoms with van der Waals surface area (Å²) in [5.41, 5.74) is 1.55. The number of piperidine rings is 1. The molecule has 1 atom stereocenters. The number of aromatic nitrogens is 2. The number of hydrogen-bond acceptors (Lipinski definition) is 5. The van der Waals surface area contributed by atoms with Gasteiger partial charge in [0.05, 0.1) is 18.7 Å². The molecule has 4 rings (SSSR count). The van der Waals surface area contributed by atoms with Crippen LogP contribution in [0.2, 0.25) is 5.02 Å². The Morgan fingerprint density at radius 3 is 2.60 bits per heavy atom. The average Bonchev–Trinajstić information content (AvgIpc) is 3.31. The number of rotatable bonds is 7. The minimum Gasteiger partial charge on any atom is -0.455 e. The van der Waals surface area contributed by atoms with Crippen LogP contribution in [-0.2, 0) is 20.9 Å². The van der Waals surface area contributed by atoms with E-state index in [1.54, 1.807) is 40.0 Å². The summed E-state index contributed by atoms with van der Waals surface area (Å²) in [5, 5.41) is 10.4. The van der Waals surface area contributed by atoms with E-state index in [-0.39, 0.29) is 12.6 Å². The number of carbonyl (C=O) groups is 3. The first kappa shape index (κ1) is 24.3. The number of urea groups is 1. The maximum absolute atomic E-state index is 12.6. The third-order valence-electron chi connectivity index (χ3n) is 5.67. The Bertz CT molecular complexity index is 1180. The molecule has 2 aromatic carbocycles. The van der Waals surface area contributed by atoms with Gasteiger partial charge < -0.3 is 20.3 Å². The van der Waals surface area contributed by atoms with E-state index in [1.807, 2.05) is 36.4 Å². The maximum Gasteiger partial charge on any atom is 0.321 e.